The predicted molar refractivity (Wildman–Crippen MR) is 111 cm³/mol. The highest BCUT2D eigenvalue weighted by Crippen LogP contribution is 2.25. The standard InChI is InChI=1S/C22H16F2N4O3/c23-13-3-7-17(24)16(9-13)22-27-18-8-4-14(10-19(18)28-22)26-20(29)11-31-15-5-1-12(2-6-15)21(25)30/h1-10H,11H2,(H2,25,30)(H,26,29)(H,27,28). The Bertz CT molecular complexity index is 1290. The van der Waals surface area contributed by atoms with Crippen molar-refractivity contribution in [3.8, 4) is 17.1 Å². The van der Waals surface area contributed by atoms with Crippen LogP contribution in [-0.4, -0.2) is 28.4 Å². The molecule has 0 aliphatic carbocycles. The number of carbonyl (C=O) groups is 2. The minimum atomic E-state index is -0.602. The van der Waals surface area contributed by atoms with Gasteiger partial charge in [0.1, 0.15) is 23.2 Å². The summed E-state index contributed by atoms with van der Waals surface area (Å²) in [4.78, 5) is 30.4. The maximum Gasteiger partial charge on any atom is 0.262 e. The number of aromatic nitrogens is 2. The Balaban J connectivity index is 1.44. The number of anilines is 1. The van der Waals surface area contributed by atoms with E-state index in [2.05, 4.69) is 15.3 Å². The first-order valence-corrected chi connectivity index (χ1v) is 9.17. The van der Waals surface area contributed by atoms with Crippen LogP contribution in [0, 0.1) is 11.6 Å². The van der Waals surface area contributed by atoms with Gasteiger partial charge in [0.05, 0.1) is 16.6 Å². The largest absolute Gasteiger partial charge is 0.484 e. The molecule has 4 rings (SSSR count). The average molecular weight is 422 g/mol. The lowest BCUT2D eigenvalue weighted by molar-refractivity contribution is -0.118. The molecule has 0 unspecified atom stereocenters. The van der Waals surface area contributed by atoms with Crippen LogP contribution in [0.5, 0.6) is 5.75 Å². The van der Waals surface area contributed by atoms with Gasteiger partial charge in [-0.25, -0.2) is 13.8 Å². The molecule has 1 heterocycles. The molecule has 0 saturated heterocycles. The van der Waals surface area contributed by atoms with Gasteiger partial charge < -0.3 is 20.8 Å². The second-order valence-electron chi connectivity index (χ2n) is 6.67. The van der Waals surface area contributed by atoms with E-state index in [9.17, 15) is 18.4 Å². The highest BCUT2D eigenvalue weighted by Gasteiger charge is 2.12. The van der Waals surface area contributed by atoms with Crippen molar-refractivity contribution in [2.45, 2.75) is 0 Å². The van der Waals surface area contributed by atoms with E-state index in [1.807, 2.05) is 0 Å². The van der Waals surface area contributed by atoms with Gasteiger partial charge in [0.15, 0.2) is 6.61 Å². The van der Waals surface area contributed by atoms with E-state index in [1.54, 1.807) is 18.2 Å². The van der Waals surface area contributed by atoms with E-state index < -0.39 is 23.4 Å². The fourth-order valence-corrected chi connectivity index (χ4v) is 2.96. The molecule has 4 aromatic rings. The molecule has 0 saturated carbocycles. The molecule has 9 heteroatoms. The number of nitrogens with two attached hydrogens (primary N) is 1. The number of imidazole rings is 1. The summed E-state index contributed by atoms with van der Waals surface area (Å²) >= 11 is 0. The van der Waals surface area contributed by atoms with Crippen LogP contribution in [0.4, 0.5) is 14.5 Å². The number of amides is 2. The quantitative estimate of drug-likeness (QED) is 0.441. The number of hydrogen-bond donors (Lipinski definition) is 3. The van der Waals surface area contributed by atoms with Crippen LogP contribution in [0.2, 0.25) is 0 Å². The number of ether oxygens (including phenoxy) is 1. The third-order valence-electron chi connectivity index (χ3n) is 4.46. The van der Waals surface area contributed by atoms with Crippen molar-refractivity contribution >= 4 is 28.5 Å². The summed E-state index contributed by atoms with van der Waals surface area (Å²) in [5.74, 6) is -1.55. The lowest BCUT2D eigenvalue weighted by atomic mass is 10.2. The van der Waals surface area contributed by atoms with Gasteiger partial charge in [0.2, 0.25) is 5.91 Å². The van der Waals surface area contributed by atoms with E-state index >= 15 is 0 Å². The van der Waals surface area contributed by atoms with Crippen LogP contribution in [0.25, 0.3) is 22.4 Å². The number of nitrogens with zero attached hydrogens (tertiary/aromatic N) is 1. The van der Waals surface area contributed by atoms with Crippen LogP contribution in [-0.2, 0) is 4.79 Å². The van der Waals surface area contributed by atoms with Gasteiger partial charge in [-0.05, 0) is 60.7 Å². The fraction of sp³-hybridized carbons (Fsp3) is 0.0455. The Labute approximate surface area is 174 Å². The zero-order valence-corrected chi connectivity index (χ0v) is 16.0. The molecular weight excluding hydrogens is 406 g/mol. The van der Waals surface area contributed by atoms with Crippen molar-refractivity contribution in [3.05, 3.63) is 77.9 Å². The summed E-state index contributed by atoms with van der Waals surface area (Å²) in [7, 11) is 0. The summed E-state index contributed by atoms with van der Waals surface area (Å²) in [5, 5.41) is 2.68. The van der Waals surface area contributed by atoms with Crippen LogP contribution in [0.1, 0.15) is 10.4 Å². The number of fused-ring (bicyclic) bond motifs is 1. The molecule has 4 N–H and O–H groups in total. The highest BCUT2D eigenvalue weighted by molar-refractivity contribution is 5.94. The summed E-state index contributed by atoms with van der Waals surface area (Å²) in [5.41, 5.74) is 7.06. The Morgan fingerprint density at radius 3 is 2.55 bits per heavy atom. The number of benzene rings is 3. The maximum absolute atomic E-state index is 14.0. The van der Waals surface area contributed by atoms with Crippen molar-refractivity contribution < 1.29 is 23.1 Å². The lowest BCUT2D eigenvalue weighted by Gasteiger charge is -2.08. The number of aromatic amines is 1. The third kappa shape index (κ3) is 4.50. The number of primary amides is 1. The number of carbonyl (C=O) groups excluding carboxylic acids is 2. The van der Waals surface area contributed by atoms with Gasteiger partial charge in [-0.1, -0.05) is 0 Å². The SMILES string of the molecule is NC(=O)c1ccc(OCC(=O)Nc2ccc3nc(-c4cc(F)ccc4F)[nH]c3c2)cc1. The van der Waals surface area contributed by atoms with Crippen LogP contribution >= 0.6 is 0 Å². The molecule has 2 amide bonds. The molecule has 1 aromatic heterocycles. The van der Waals surface area contributed by atoms with E-state index in [-0.39, 0.29) is 18.0 Å². The average Bonchev–Trinajstić information content (AvgIpc) is 3.17. The smallest absolute Gasteiger partial charge is 0.262 e. The van der Waals surface area contributed by atoms with Gasteiger partial charge in [0, 0.05) is 11.3 Å². The van der Waals surface area contributed by atoms with Crippen LogP contribution < -0.4 is 15.8 Å². The second-order valence-corrected chi connectivity index (χ2v) is 6.67. The molecule has 0 aliphatic heterocycles. The molecule has 0 spiro atoms. The molecule has 0 aliphatic rings. The van der Waals surface area contributed by atoms with Crippen LogP contribution in [0.15, 0.2) is 60.7 Å². The minimum Gasteiger partial charge on any atom is -0.484 e. The summed E-state index contributed by atoms with van der Waals surface area (Å²) in [6.07, 6.45) is 0. The van der Waals surface area contributed by atoms with Crippen molar-refractivity contribution in [2.24, 2.45) is 5.73 Å². The summed E-state index contributed by atoms with van der Waals surface area (Å²) < 4.78 is 32.8. The van der Waals surface area contributed by atoms with Crippen molar-refractivity contribution in [1.82, 2.24) is 9.97 Å². The number of nitrogens with one attached hydrogen (secondary N) is 2. The van der Waals surface area contributed by atoms with E-state index in [0.717, 1.165) is 18.2 Å². The number of halogens is 2. The lowest BCUT2D eigenvalue weighted by Crippen LogP contribution is -2.20. The Hall–Kier alpha value is -4.27. The predicted octanol–water partition coefficient (Wildman–Crippen LogP) is 3.62. The molecule has 3 aromatic carbocycles. The highest BCUT2D eigenvalue weighted by atomic mass is 19.1. The number of hydrogen-bond acceptors (Lipinski definition) is 4. The molecule has 156 valence electrons. The number of rotatable bonds is 6. The number of H-pyrrole nitrogens is 1. The summed E-state index contributed by atoms with van der Waals surface area (Å²) in [6, 6.07) is 14.1. The second kappa shape index (κ2) is 8.23. The first-order chi connectivity index (χ1) is 14.9. The van der Waals surface area contributed by atoms with Crippen molar-refractivity contribution in [1.29, 1.82) is 0 Å². The van der Waals surface area contributed by atoms with Gasteiger partial charge in [-0.3, -0.25) is 9.59 Å². The first kappa shape index (κ1) is 20.0. The third-order valence-corrected chi connectivity index (χ3v) is 4.46. The Kier molecular flexibility index (Phi) is 5.31. The molecule has 7 nitrogen and oxygen atoms in total. The van der Waals surface area contributed by atoms with Crippen molar-refractivity contribution in [2.75, 3.05) is 11.9 Å². The zero-order chi connectivity index (χ0) is 22.0. The Morgan fingerprint density at radius 1 is 1.03 bits per heavy atom. The maximum atomic E-state index is 14.0. The first-order valence-electron chi connectivity index (χ1n) is 9.17. The molecule has 0 radical (unpaired) electrons. The normalized spacial score (nSPS) is 10.8. The van der Waals surface area contributed by atoms with Gasteiger partial charge >= 0.3 is 0 Å². The van der Waals surface area contributed by atoms with Crippen molar-refractivity contribution in [3.63, 3.8) is 0 Å². The Morgan fingerprint density at radius 2 is 1.81 bits per heavy atom. The van der Waals surface area contributed by atoms with Crippen LogP contribution in [0.3, 0.4) is 0 Å². The fourth-order valence-electron chi connectivity index (χ4n) is 2.96. The van der Waals surface area contributed by atoms with E-state index in [0.29, 0.717) is 28.0 Å². The molecule has 0 atom stereocenters. The monoisotopic (exact) mass is 422 g/mol. The molecular formula is C22H16F2N4O3. The molecule has 0 fully saturated rings. The van der Waals surface area contributed by atoms with Gasteiger partial charge in [0.25, 0.3) is 5.91 Å². The van der Waals surface area contributed by atoms with Gasteiger partial charge in [-0.2, -0.15) is 0 Å². The topological polar surface area (TPSA) is 110 Å². The van der Waals surface area contributed by atoms with E-state index in [1.165, 1.54) is 24.3 Å². The van der Waals surface area contributed by atoms with E-state index in [4.69, 9.17) is 10.5 Å². The minimum absolute atomic E-state index is 0.0116. The molecule has 31 heavy (non-hydrogen) atoms. The molecule has 0 bridgehead atoms. The zero-order valence-electron chi connectivity index (χ0n) is 16.0. The van der Waals surface area contributed by atoms with Gasteiger partial charge in [-0.15, -0.1) is 0 Å². The summed E-state index contributed by atoms with van der Waals surface area (Å²) in [6.45, 7) is -0.253.